The summed E-state index contributed by atoms with van der Waals surface area (Å²) in [6, 6.07) is 4.23. The number of nitrogens with zero attached hydrogens (tertiary/aromatic N) is 3. The molecular formula is C25H34N4O4S. The van der Waals surface area contributed by atoms with Crippen LogP contribution < -0.4 is 5.32 Å². The average Bonchev–Trinajstić information content (AvgIpc) is 3.60. The van der Waals surface area contributed by atoms with Gasteiger partial charge in [0.2, 0.25) is 0 Å². The fourth-order valence-electron chi connectivity index (χ4n) is 4.32. The summed E-state index contributed by atoms with van der Waals surface area (Å²) in [5.74, 6) is 0.104. The van der Waals surface area contributed by atoms with Gasteiger partial charge in [-0.25, -0.2) is 9.78 Å². The van der Waals surface area contributed by atoms with Crippen molar-refractivity contribution in [2.24, 2.45) is 0 Å². The van der Waals surface area contributed by atoms with Gasteiger partial charge in [-0.2, -0.15) is 0 Å². The van der Waals surface area contributed by atoms with E-state index in [2.05, 4.69) is 28.0 Å². The zero-order valence-electron chi connectivity index (χ0n) is 20.2. The molecule has 8 nitrogen and oxygen atoms in total. The first kappa shape index (κ1) is 24.6. The smallest absolute Gasteiger partial charge is 0.406 e. The molecule has 34 heavy (non-hydrogen) atoms. The lowest BCUT2D eigenvalue weighted by molar-refractivity contribution is -0.149. The number of rotatable bonds is 9. The second-order valence-electron chi connectivity index (χ2n) is 9.05. The van der Waals surface area contributed by atoms with E-state index in [-0.39, 0.29) is 24.1 Å². The Morgan fingerprint density at radius 1 is 1.29 bits per heavy atom. The molecule has 0 radical (unpaired) electrons. The van der Waals surface area contributed by atoms with Crippen LogP contribution in [0.3, 0.4) is 0 Å². The molecule has 184 valence electrons. The Balaban J connectivity index is 1.56. The number of hydrogen-bond acceptors (Lipinski definition) is 7. The van der Waals surface area contributed by atoms with Gasteiger partial charge in [-0.1, -0.05) is 6.07 Å². The molecule has 2 aromatic rings. The van der Waals surface area contributed by atoms with Gasteiger partial charge in [-0.3, -0.25) is 9.78 Å². The molecule has 0 spiro atoms. The van der Waals surface area contributed by atoms with E-state index < -0.39 is 6.09 Å². The number of aromatic nitrogens is 2. The minimum atomic E-state index is -0.431. The molecule has 2 amide bonds. The van der Waals surface area contributed by atoms with Gasteiger partial charge in [-0.05, 0) is 64.9 Å². The molecule has 0 unspecified atom stereocenters. The quantitative estimate of drug-likeness (QED) is 0.527. The minimum absolute atomic E-state index is 0.104. The van der Waals surface area contributed by atoms with Crippen molar-refractivity contribution in [3.05, 3.63) is 34.7 Å². The van der Waals surface area contributed by atoms with Gasteiger partial charge in [0.15, 0.2) is 0 Å². The third-order valence-corrected chi connectivity index (χ3v) is 7.67. The highest BCUT2D eigenvalue weighted by Crippen LogP contribution is 2.40. The Kier molecular flexibility index (Phi) is 8.15. The van der Waals surface area contributed by atoms with Gasteiger partial charge in [0.05, 0.1) is 23.7 Å². The lowest BCUT2D eigenvalue weighted by atomic mass is 10.1. The van der Waals surface area contributed by atoms with Gasteiger partial charge in [0, 0.05) is 36.6 Å². The number of carbonyl (C=O) groups is 2. The normalized spacial score (nSPS) is 18.9. The van der Waals surface area contributed by atoms with E-state index in [1.807, 2.05) is 24.1 Å². The first-order chi connectivity index (χ1) is 16.5. The number of carbonyl (C=O) groups excluding carboxylic acids is 2. The van der Waals surface area contributed by atoms with Gasteiger partial charge in [0.25, 0.3) is 5.91 Å². The van der Waals surface area contributed by atoms with Gasteiger partial charge in [0.1, 0.15) is 11.1 Å². The van der Waals surface area contributed by atoms with Crippen LogP contribution >= 0.6 is 11.3 Å². The van der Waals surface area contributed by atoms with Gasteiger partial charge in [-0.15, -0.1) is 11.3 Å². The SMILES string of the molecule is COC(=O)NCCCc1nc([C@@H](C)N(C(=O)[C@H]2CCCCO2)C2CC2)sc1-c1ccc(C)nc1. The molecule has 2 fully saturated rings. The molecule has 2 aromatic heterocycles. The topological polar surface area (TPSA) is 93.7 Å². The number of nitrogens with one attached hydrogen (secondary N) is 1. The van der Waals surface area contributed by atoms with Crippen LogP contribution in [0.2, 0.25) is 0 Å². The Labute approximate surface area is 205 Å². The lowest BCUT2D eigenvalue weighted by Gasteiger charge is -2.33. The van der Waals surface area contributed by atoms with E-state index in [1.165, 1.54) is 7.11 Å². The van der Waals surface area contributed by atoms with Crippen LogP contribution in [0.5, 0.6) is 0 Å². The summed E-state index contributed by atoms with van der Waals surface area (Å²) >= 11 is 1.64. The number of aryl methyl sites for hydroxylation is 2. The largest absolute Gasteiger partial charge is 0.453 e. The molecule has 0 bridgehead atoms. The number of pyridine rings is 1. The van der Waals surface area contributed by atoms with E-state index in [4.69, 9.17) is 9.72 Å². The van der Waals surface area contributed by atoms with E-state index in [9.17, 15) is 9.59 Å². The molecular weight excluding hydrogens is 452 g/mol. The minimum Gasteiger partial charge on any atom is -0.453 e. The zero-order valence-corrected chi connectivity index (χ0v) is 21.0. The van der Waals surface area contributed by atoms with Crippen LogP contribution in [-0.2, 0) is 20.7 Å². The Bertz CT molecular complexity index is 983. The monoisotopic (exact) mass is 486 g/mol. The molecule has 1 saturated carbocycles. The maximum absolute atomic E-state index is 13.4. The highest BCUT2D eigenvalue weighted by molar-refractivity contribution is 7.15. The van der Waals surface area contributed by atoms with Crippen LogP contribution in [0, 0.1) is 6.92 Å². The summed E-state index contributed by atoms with van der Waals surface area (Å²) in [7, 11) is 1.36. The molecule has 1 aliphatic carbocycles. The second-order valence-corrected chi connectivity index (χ2v) is 10.1. The standard InChI is InChI=1S/C25H34N4O4S/c1-16-9-10-18(15-27-16)22-20(7-6-13-26-25(31)32-3)28-23(34-22)17(2)29(19-11-12-19)24(30)21-8-4-5-14-33-21/h9-10,15,17,19,21H,4-8,11-14H2,1-3H3,(H,26,31)/t17-,21-/m1/s1. The van der Waals surface area contributed by atoms with Crippen molar-refractivity contribution >= 4 is 23.3 Å². The van der Waals surface area contributed by atoms with Crippen LogP contribution in [0.1, 0.15) is 67.9 Å². The maximum atomic E-state index is 13.4. The molecule has 4 rings (SSSR count). The van der Waals surface area contributed by atoms with Crippen LogP contribution in [0.15, 0.2) is 18.3 Å². The summed E-state index contributed by atoms with van der Waals surface area (Å²) in [6.45, 7) is 5.22. The molecule has 2 atom stereocenters. The number of alkyl carbamates (subject to hydrolysis) is 1. The fourth-order valence-corrected chi connectivity index (χ4v) is 5.48. The summed E-state index contributed by atoms with van der Waals surface area (Å²) in [6.07, 6.45) is 7.49. The number of ether oxygens (including phenoxy) is 2. The Morgan fingerprint density at radius 2 is 2.12 bits per heavy atom. The lowest BCUT2D eigenvalue weighted by Crippen LogP contribution is -2.44. The van der Waals surface area contributed by atoms with Crippen molar-refractivity contribution in [2.75, 3.05) is 20.3 Å². The summed E-state index contributed by atoms with van der Waals surface area (Å²) < 4.78 is 10.5. The number of thiazole rings is 1. The highest BCUT2D eigenvalue weighted by Gasteiger charge is 2.41. The molecule has 1 N–H and O–H groups in total. The van der Waals surface area contributed by atoms with Crippen molar-refractivity contribution in [3.63, 3.8) is 0 Å². The van der Waals surface area contributed by atoms with Gasteiger partial charge >= 0.3 is 6.09 Å². The number of methoxy groups -OCH3 is 1. The van der Waals surface area contributed by atoms with Crippen LogP contribution in [0.25, 0.3) is 10.4 Å². The fraction of sp³-hybridized carbons (Fsp3) is 0.600. The van der Waals surface area contributed by atoms with Crippen LogP contribution in [0.4, 0.5) is 4.79 Å². The molecule has 1 aliphatic heterocycles. The zero-order chi connectivity index (χ0) is 24.1. The van der Waals surface area contributed by atoms with E-state index in [0.717, 1.165) is 65.4 Å². The Morgan fingerprint density at radius 3 is 2.76 bits per heavy atom. The highest BCUT2D eigenvalue weighted by atomic mass is 32.1. The summed E-state index contributed by atoms with van der Waals surface area (Å²) in [5, 5.41) is 3.66. The molecule has 9 heteroatoms. The van der Waals surface area contributed by atoms with Crippen molar-refractivity contribution in [1.82, 2.24) is 20.2 Å². The second kappa shape index (κ2) is 11.3. The molecule has 3 heterocycles. The molecule has 2 aliphatic rings. The maximum Gasteiger partial charge on any atom is 0.406 e. The van der Waals surface area contributed by atoms with Crippen molar-refractivity contribution < 1.29 is 19.1 Å². The predicted octanol–water partition coefficient (Wildman–Crippen LogP) is 4.42. The molecule has 0 aromatic carbocycles. The van der Waals surface area contributed by atoms with Gasteiger partial charge < -0.3 is 19.7 Å². The third-order valence-electron chi connectivity index (χ3n) is 6.36. The van der Waals surface area contributed by atoms with Crippen molar-refractivity contribution in [1.29, 1.82) is 0 Å². The van der Waals surface area contributed by atoms with Crippen molar-refractivity contribution in [2.45, 2.75) is 77.0 Å². The van der Waals surface area contributed by atoms with E-state index >= 15 is 0 Å². The number of amides is 2. The Hall–Kier alpha value is -2.52. The summed E-state index contributed by atoms with van der Waals surface area (Å²) in [4.78, 5) is 37.4. The van der Waals surface area contributed by atoms with E-state index in [1.54, 1.807) is 11.3 Å². The van der Waals surface area contributed by atoms with E-state index in [0.29, 0.717) is 19.6 Å². The average molecular weight is 487 g/mol. The number of hydrogen-bond donors (Lipinski definition) is 1. The van der Waals surface area contributed by atoms with Crippen molar-refractivity contribution in [3.8, 4) is 10.4 Å². The first-order valence-electron chi connectivity index (χ1n) is 12.2. The first-order valence-corrected chi connectivity index (χ1v) is 13.0. The van der Waals surface area contributed by atoms with Crippen LogP contribution in [-0.4, -0.2) is 59.3 Å². The molecule has 1 saturated heterocycles. The predicted molar refractivity (Wildman–Crippen MR) is 131 cm³/mol. The third kappa shape index (κ3) is 5.93. The summed E-state index contributed by atoms with van der Waals surface area (Å²) in [5.41, 5.74) is 2.96.